The van der Waals surface area contributed by atoms with Gasteiger partial charge in [0.1, 0.15) is 11.9 Å². The molecule has 55 heavy (non-hydrogen) atoms. The molecular weight excluding hydrogens is 713 g/mol. The number of amides is 3. The third-order valence-corrected chi connectivity index (χ3v) is 11.4. The SMILES string of the molecule is O=C1CCC(N2Cc3cc(C4(O)CCN(Cc5ccc(N6CCC(c7ccc(Nc8ncc(C(F)(F)F)cn8)nc7)CC6)cc5)CC4)ccc3C2=O)C(=O)N1. The summed E-state index contributed by atoms with van der Waals surface area (Å²) in [6.45, 7) is 4.31. The van der Waals surface area contributed by atoms with Crippen molar-refractivity contribution in [1.29, 1.82) is 0 Å². The van der Waals surface area contributed by atoms with E-state index in [1.165, 1.54) is 16.2 Å². The van der Waals surface area contributed by atoms with Gasteiger partial charge in [0.05, 0.1) is 11.2 Å². The monoisotopic (exact) mass is 754 g/mol. The Kier molecular flexibility index (Phi) is 9.76. The molecule has 4 aromatic rings. The van der Waals surface area contributed by atoms with E-state index < -0.39 is 29.3 Å². The molecule has 0 bridgehead atoms. The summed E-state index contributed by atoms with van der Waals surface area (Å²) < 4.78 is 38.4. The number of carbonyl (C=O) groups is 3. The van der Waals surface area contributed by atoms with Crippen molar-refractivity contribution in [3.63, 3.8) is 0 Å². The van der Waals surface area contributed by atoms with Gasteiger partial charge in [-0.2, -0.15) is 13.2 Å². The number of likely N-dealkylation sites (tertiary alicyclic amines) is 1. The molecule has 0 saturated carbocycles. The molecule has 8 rings (SSSR count). The molecular formula is C40H41F3N8O4. The fourth-order valence-electron chi connectivity index (χ4n) is 8.15. The average Bonchev–Trinajstić information content (AvgIpc) is 3.51. The van der Waals surface area contributed by atoms with Gasteiger partial charge in [0, 0.05) is 75.5 Å². The molecule has 0 radical (unpaired) electrons. The molecule has 1 unspecified atom stereocenters. The maximum absolute atomic E-state index is 13.1. The molecule has 0 aliphatic carbocycles. The Balaban J connectivity index is 0.799. The van der Waals surface area contributed by atoms with Crippen molar-refractivity contribution in [1.82, 2.24) is 30.1 Å². The summed E-state index contributed by atoms with van der Waals surface area (Å²) in [7, 11) is 0. The summed E-state index contributed by atoms with van der Waals surface area (Å²) in [4.78, 5) is 55.4. The van der Waals surface area contributed by atoms with Gasteiger partial charge in [-0.1, -0.05) is 30.3 Å². The predicted molar refractivity (Wildman–Crippen MR) is 196 cm³/mol. The zero-order chi connectivity index (χ0) is 38.3. The minimum Gasteiger partial charge on any atom is -0.385 e. The smallest absolute Gasteiger partial charge is 0.385 e. The second kappa shape index (κ2) is 14.7. The van der Waals surface area contributed by atoms with Gasteiger partial charge in [-0.15, -0.1) is 0 Å². The fourth-order valence-corrected chi connectivity index (χ4v) is 8.15. The highest BCUT2D eigenvalue weighted by molar-refractivity contribution is 6.05. The van der Waals surface area contributed by atoms with Crippen LogP contribution in [0.5, 0.6) is 0 Å². The van der Waals surface area contributed by atoms with Gasteiger partial charge >= 0.3 is 6.18 Å². The lowest BCUT2D eigenvalue weighted by Gasteiger charge is -2.39. The molecule has 3 amide bonds. The van der Waals surface area contributed by atoms with Gasteiger partial charge in [0.2, 0.25) is 17.8 Å². The lowest BCUT2D eigenvalue weighted by molar-refractivity contribution is -0.138. The number of pyridine rings is 1. The number of hydrogen-bond acceptors (Lipinski definition) is 10. The Morgan fingerprint density at radius 1 is 0.873 bits per heavy atom. The first-order valence-electron chi connectivity index (χ1n) is 18.6. The van der Waals surface area contributed by atoms with Crippen LogP contribution < -0.4 is 15.5 Å². The number of benzene rings is 2. The van der Waals surface area contributed by atoms with Crippen molar-refractivity contribution in [3.8, 4) is 0 Å². The Bertz CT molecular complexity index is 2060. The van der Waals surface area contributed by atoms with Crippen LogP contribution in [-0.4, -0.2) is 79.8 Å². The largest absolute Gasteiger partial charge is 0.419 e. The Morgan fingerprint density at radius 2 is 1.60 bits per heavy atom. The predicted octanol–water partition coefficient (Wildman–Crippen LogP) is 5.26. The van der Waals surface area contributed by atoms with Crippen LogP contribution in [0, 0.1) is 0 Å². The van der Waals surface area contributed by atoms with E-state index in [1.54, 1.807) is 18.3 Å². The molecule has 12 nitrogen and oxygen atoms in total. The van der Waals surface area contributed by atoms with Crippen LogP contribution in [-0.2, 0) is 34.5 Å². The zero-order valence-electron chi connectivity index (χ0n) is 30.1. The highest BCUT2D eigenvalue weighted by atomic mass is 19.4. The van der Waals surface area contributed by atoms with Crippen LogP contribution in [0.2, 0.25) is 0 Å². The van der Waals surface area contributed by atoms with Crippen LogP contribution >= 0.6 is 0 Å². The van der Waals surface area contributed by atoms with E-state index >= 15 is 0 Å². The molecule has 15 heteroatoms. The fraction of sp³-hybridized carbons (Fsp3) is 0.400. The highest BCUT2D eigenvalue weighted by Crippen LogP contribution is 2.37. The zero-order valence-corrected chi connectivity index (χ0v) is 30.1. The van der Waals surface area contributed by atoms with E-state index in [2.05, 4.69) is 59.7 Å². The van der Waals surface area contributed by atoms with E-state index in [9.17, 15) is 32.7 Å². The Morgan fingerprint density at radius 3 is 2.25 bits per heavy atom. The maximum atomic E-state index is 13.1. The third kappa shape index (κ3) is 7.76. The van der Waals surface area contributed by atoms with Gasteiger partial charge in [0.25, 0.3) is 5.91 Å². The molecule has 3 saturated heterocycles. The van der Waals surface area contributed by atoms with Crippen LogP contribution in [0.25, 0.3) is 0 Å². The number of halogens is 3. The number of nitrogens with one attached hydrogen (secondary N) is 2. The minimum atomic E-state index is -4.49. The number of aliphatic hydroxyl groups is 1. The van der Waals surface area contributed by atoms with E-state index in [1.807, 2.05) is 18.2 Å². The number of nitrogens with zero attached hydrogens (tertiary/aromatic N) is 6. The summed E-state index contributed by atoms with van der Waals surface area (Å²) in [5.41, 5.74) is 3.70. The highest BCUT2D eigenvalue weighted by Gasteiger charge is 2.41. The first-order chi connectivity index (χ1) is 26.4. The molecule has 3 N–H and O–H groups in total. The Labute approximate surface area is 315 Å². The van der Waals surface area contributed by atoms with Crippen LogP contribution in [0.1, 0.15) is 82.6 Å². The van der Waals surface area contributed by atoms with Gasteiger partial charge in [0.15, 0.2) is 0 Å². The number of piperidine rings is 3. The average molecular weight is 755 g/mol. The number of fused-ring (bicyclic) bond motifs is 1. The van der Waals surface area contributed by atoms with Gasteiger partial charge in [-0.3, -0.25) is 24.6 Å². The van der Waals surface area contributed by atoms with E-state index in [0.29, 0.717) is 36.6 Å². The van der Waals surface area contributed by atoms with Crippen molar-refractivity contribution >= 4 is 35.2 Å². The number of carbonyl (C=O) groups excluding carboxylic acids is 3. The first kappa shape index (κ1) is 36.6. The summed E-state index contributed by atoms with van der Waals surface area (Å²) in [5, 5.41) is 16.9. The number of hydrogen-bond donors (Lipinski definition) is 3. The molecule has 6 heterocycles. The summed E-state index contributed by atoms with van der Waals surface area (Å²) >= 11 is 0. The second-order valence-electron chi connectivity index (χ2n) is 14.9. The van der Waals surface area contributed by atoms with Gasteiger partial charge in [-0.05, 0) is 84.5 Å². The number of imide groups is 1. The summed E-state index contributed by atoms with van der Waals surface area (Å²) in [6.07, 6.45) is 2.37. The van der Waals surface area contributed by atoms with Gasteiger partial charge < -0.3 is 20.2 Å². The molecule has 2 aromatic carbocycles. The topological polar surface area (TPSA) is 144 Å². The standard InChI is InChI=1S/C40H41F3N8O4/c41-40(42,43)30-21-45-38(46-22-30)47-34-9-3-27(20-44-34)26-11-15-50(16-12-26)31-5-1-25(2-6-31)23-49-17-13-39(55,14-18-49)29-4-7-32-28(19-29)24-51(37(32)54)33-8-10-35(52)48-36(33)53/h1-7,9,19-22,26,33,55H,8,10-18,23-24H2,(H,48,52,53)(H,44,45,46,47). The normalized spacial score (nSPS) is 20.7. The molecule has 4 aliphatic heterocycles. The molecule has 3 fully saturated rings. The number of alkyl halides is 3. The van der Waals surface area contributed by atoms with E-state index in [4.69, 9.17) is 0 Å². The van der Waals surface area contributed by atoms with E-state index in [-0.39, 0.29) is 30.7 Å². The maximum Gasteiger partial charge on any atom is 0.419 e. The number of aromatic nitrogens is 3. The van der Waals surface area contributed by atoms with Crippen molar-refractivity contribution in [2.45, 2.75) is 75.4 Å². The number of rotatable bonds is 8. The molecule has 2 aromatic heterocycles. The van der Waals surface area contributed by atoms with E-state index in [0.717, 1.165) is 74.6 Å². The van der Waals surface area contributed by atoms with Crippen molar-refractivity contribution in [2.75, 3.05) is 36.4 Å². The van der Waals surface area contributed by atoms with Gasteiger partial charge in [-0.25, -0.2) is 15.0 Å². The molecule has 286 valence electrons. The van der Waals surface area contributed by atoms with Crippen LogP contribution in [0.15, 0.2) is 73.2 Å². The summed E-state index contributed by atoms with van der Waals surface area (Å²) in [6, 6.07) is 17.3. The first-order valence-corrected chi connectivity index (χ1v) is 18.6. The third-order valence-electron chi connectivity index (χ3n) is 11.4. The van der Waals surface area contributed by atoms with Crippen LogP contribution in [0.4, 0.5) is 30.6 Å². The summed E-state index contributed by atoms with van der Waals surface area (Å²) in [5.74, 6) is -0.116. The molecule has 1 atom stereocenters. The lowest BCUT2D eigenvalue weighted by atomic mass is 9.83. The minimum absolute atomic E-state index is 0.0470. The van der Waals surface area contributed by atoms with Crippen LogP contribution in [0.3, 0.4) is 0 Å². The van der Waals surface area contributed by atoms with Crippen molar-refractivity contribution in [2.24, 2.45) is 0 Å². The van der Waals surface area contributed by atoms with Crippen molar-refractivity contribution < 1.29 is 32.7 Å². The second-order valence-corrected chi connectivity index (χ2v) is 14.9. The lowest BCUT2D eigenvalue weighted by Crippen LogP contribution is -2.52. The Hall–Kier alpha value is -5.41. The quantitative estimate of drug-likeness (QED) is 0.204. The molecule has 4 aliphatic rings. The molecule has 0 spiro atoms. The number of anilines is 3. The van der Waals surface area contributed by atoms with Crippen molar-refractivity contribution in [3.05, 3.63) is 107 Å².